The molecule has 0 saturated carbocycles. The summed E-state index contributed by atoms with van der Waals surface area (Å²) < 4.78 is 0. The van der Waals surface area contributed by atoms with Gasteiger partial charge in [0.2, 0.25) is 0 Å². The maximum absolute atomic E-state index is 2.32. The fourth-order valence-electron chi connectivity index (χ4n) is 3.04. The number of hydrogen-bond donors (Lipinski definition) is 0. The Morgan fingerprint density at radius 1 is 0.591 bits per heavy atom. The second-order valence-electron chi connectivity index (χ2n) is 6.58. The third kappa shape index (κ3) is 12.0. The van der Waals surface area contributed by atoms with Gasteiger partial charge in [-0.25, -0.2) is 0 Å². The van der Waals surface area contributed by atoms with Gasteiger partial charge in [0, 0.05) is 9.52 Å². The molecule has 0 aromatic heterocycles. The average Bonchev–Trinajstić information content (AvgIpc) is 2.56. The molecule has 22 heavy (non-hydrogen) atoms. The fourth-order valence-corrected chi connectivity index (χ4v) is 3.65. The van der Waals surface area contributed by atoms with Crippen LogP contribution in [-0.4, -0.2) is 9.52 Å². The molecule has 0 unspecified atom stereocenters. The van der Waals surface area contributed by atoms with E-state index in [1.165, 1.54) is 95.1 Å². The zero-order chi connectivity index (χ0) is 15.7. The van der Waals surface area contributed by atoms with Gasteiger partial charge in [-0.05, 0) is 18.4 Å². The van der Waals surface area contributed by atoms with Crippen LogP contribution in [0.5, 0.6) is 0 Å². The van der Waals surface area contributed by atoms with Crippen molar-refractivity contribution in [3.05, 3.63) is 35.9 Å². The Morgan fingerprint density at radius 3 is 1.55 bits per heavy atom. The van der Waals surface area contributed by atoms with Crippen LogP contribution in [-0.2, 0) is 6.42 Å². The van der Waals surface area contributed by atoms with Crippen molar-refractivity contribution in [2.45, 2.75) is 96.1 Å². The standard InChI is InChI=1S/C21H36Si/c1-22-20-16-11-9-7-5-3-2-4-6-8-10-13-17-21-18-14-12-15-19-21/h12,14-15,18-19H,2-11,13,16-17,20H2,1H3. The van der Waals surface area contributed by atoms with Gasteiger partial charge in [-0.2, -0.15) is 0 Å². The second kappa shape index (κ2) is 15.3. The highest BCUT2D eigenvalue weighted by Gasteiger charge is 1.95. The molecule has 0 atom stereocenters. The van der Waals surface area contributed by atoms with Gasteiger partial charge in [-0.15, -0.1) is 0 Å². The molecule has 0 N–H and O–H groups in total. The van der Waals surface area contributed by atoms with E-state index in [4.69, 9.17) is 0 Å². The van der Waals surface area contributed by atoms with Crippen molar-refractivity contribution in [2.75, 3.05) is 0 Å². The van der Waals surface area contributed by atoms with Crippen molar-refractivity contribution in [2.24, 2.45) is 0 Å². The van der Waals surface area contributed by atoms with Crippen molar-refractivity contribution in [3.63, 3.8) is 0 Å². The lowest BCUT2D eigenvalue weighted by atomic mass is 10.0. The molecule has 0 amide bonds. The molecular formula is C21H36Si. The summed E-state index contributed by atoms with van der Waals surface area (Å²) in [5.74, 6) is 0. The van der Waals surface area contributed by atoms with Crippen LogP contribution in [0, 0.1) is 0 Å². The minimum atomic E-state index is 1.16. The highest BCUT2D eigenvalue weighted by molar-refractivity contribution is 6.33. The first-order valence-corrected chi connectivity index (χ1v) is 11.3. The van der Waals surface area contributed by atoms with Gasteiger partial charge in [0.25, 0.3) is 0 Å². The predicted octanol–water partition coefficient (Wildman–Crippen LogP) is 7.08. The van der Waals surface area contributed by atoms with Crippen molar-refractivity contribution in [1.29, 1.82) is 0 Å². The summed E-state index contributed by atoms with van der Waals surface area (Å²) in [5, 5.41) is 0. The van der Waals surface area contributed by atoms with Crippen LogP contribution < -0.4 is 0 Å². The van der Waals surface area contributed by atoms with E-state index in [1.54, 1.807) is 0 Å². The molecule has 0 spiro atoms. The molecule has 0 saturated heterocycles. The van der Waals surface area contributed by atoms with Gasteiger partial charge in [0.05, 0.1) is 0 Å². The lowest BCUT2D eigenvalue weighted by Crippen LogP contribution is -1.86. The number of rotatable bonds is 15. The summed E-state index contributed by atoms with van der Waals surface area (Å²) in [5.41, 5.74) is 1.50. The third-order valence-corrected chi connectivity index (χ3v) is 5.34. The van der Waals surface area contributed by atoms with Gasteiger partial charge >= 0.3 is 0 Å². The van der Waals surface area contributed by atoms with Gasteiger partial charge in [-0.1, -0.05) is 114 Å². The lowest BCUT2D eigenvalue weighted by Gasteiger charge is -2.03. The maximum Gasteiger partial charge on any atom is 0.0342 e. The quantitative estimate of drug-likeness (QED) is 0.239. The molecule has 0 nitrogen and oxygen atoms in total. The summed E-state index contributed by atoms with van der Waals surface area (Å²) in [6, 6.07) is 12.4. The maximum atomic E-state index is 2.32. The van der Waals surface area contributed by atoms with Crippen LogP contribution in [0.3, 0.4) is 0 Å². The summed E-state index contributed by atoms with van der Waals surface area (Å²) in [6.07, 6.45) is 18.7. The molecule has 0 aliphatic rings. The van der Waals surface area contributed by atoms with Gasteiger partial charge in [-0.3, -0.25) is 0 Å². The van der Waals surface area contributed by atoms with E-state index in [-0.39, 0.29) is 0 Å². The molecule has 0 bridgehead atoms. The summed E-state index contributed by atoms with van der Waals surface area (Å²) in [6.45, 7) is 2.32. The Hall–Kier alpha value is -0.563. The normalized spacial score (nSPS) is 11.0. The molecule has 0 fully saturated rings. The first-order chi connectivity index (χ1) is 10.9. The molecular weight excluding hydrogens is 280 g/mol. The number of benzene rings is 1. The number of hydrogen-bond acceptors (Lipinski definition) is 0. The monoisotopic (exact) mass is 316 g/mol. The fraction of sp³-hybridized carbons (Fsp3) is 0.714. The van der Waals surface area contributed by atoms with Crippen LogP contribution in [0.4, 0.5) is 0 Å². The van der Waals surface area contributed by atoms with Crippen LogP contribution in [0.25, 0.3) is 0 Å². The topological polar surface area (TPSA) is 0 Å². The first kappa shape index (κ1) is 19.5. The second-order valence-corrected chi connectivity index (χ2v) is 7.79. The summed E-state index contributed by atoms with van der Waals surface area (Å²) in [4.78, 5) is 0. The average molecular weight is 317 g/mol. The predicted molar refractivity (Wildman–Crippen MR) is 102 cm³/mol. The first-order valence-electron chi connectivity index (χ1n) is 9.62. The van der Waals surface area contributed by atoms with Crippen LogP contribution in [0.1, 0.15) is 82.6 Å². The number of aryl methyl sites for hydroxylation is 1. The van der Waals surface area contributed by atoms with E-state index in [0.29, 0.717) is 0 Å². The van der Waals surface area contributed by atoms with Crippen LogP contribution in [0.2, 0.25) is 12.6 Å². The Kier molecular flexibility index (Phi) is 13.6. The Bertz CT molecular complexity index is 320. The van der Waals surface area contributed by atoms with Crippen molar-refractivity contribution >= 4 is 9.52 Å². The van der Waals surface area contributed by atoms with Crippen molar-refractivity contribution in [3.8, 4) is 0 Å². The van der Waals surface area contributed by atoms with Crippen LogP contribution in [0.15, 0.2) is 30.3 Å². The van der Waals surface area contributed by atoms with Gasteiger partial charge < -0.3 is 0 Å². The molecule has 0 aliphatic carbocycles. The highest BCUT2D eigenvalue weighted by Crippen LogP contribution is 2.13. The van der Waals surface area contributed by atoms with E-state index in [2.05, 4.69) is 36.9 Å². The SMILES string of the molecule is C[Si]CCCCCCCCCCCCCCc1ccccc1. The molecule has 2 radical (unpaired) electrons. The van der Waals surface area contributed by atoms with E-state index in [1.807, 2.05) is 0 Å². The van der Waals surface area contributed by atoms with Gasteiger partial charge in [0.1, 0.15) is 0 Å². The van der Waals surface area contributed by atoms with Gasteiger partial charge in [0.15, 0.2) is 0 Å². The molecule has 0 heterocycles. The minimum Gasteiger partial charge on any atom is -0.0733 e. The third-order valence-electron chi connectivity index (χ3n) is 4.49. The Balaban J connectivity index is 1.73. The molecule has 1 rings (SSSR count). The zero-order valence-corrected chi connectivity index (χ0v) is 15.8. The Morgan fingerprint density at radius 2 is 1.05 bits per heavy atom. The van der Waals surface area contributed by atoms with Crippen LogP contribution >= 0.6 is 0 Å². The molecule has 124 valence electrons. The minimum absolute atomic E-state index is 1.16. The van der Waals surface area contributed by atoms with E-state index in [0.717, 1.165) is 9.52 Å². The van der Waals surface area contributed by atoms with E-state index >= 15 is 0 Å². The van der Waals surface area contributed by atoms with E-state index in [9.17, 15) is 0 Å². The smallest absolute Gasteiger partial charge is 0.0342 e. The summed E-state index contributed by atoms with van der Waals surface area (Å²) >= 11 is 0. The highest BCUT2D eigenvalue weighted by atomic mass is 28.2. The number of unbranched alkanes of at least 4 members (excludes halogenated alkanes) is 11. The van der Waals surface area contributed by atoms with Crippen molar-refractivity contribution < 1.29 is 0 Å². The zero-order valence-electron chi connectivity index (χ0n) is 14.8. The Labute approximate surface area is 141 Å². The largest absolute Gasteiger partial charge is 0.0733 e. The molecule has 1 aromatic carbocycles. The molecule has 1 aromatic rings. The molecule has 0 aliphatic heterocycles. The van der Waals surface area contributed by atoms with Crippen molar-refractivity contribution in [1.82, 2.24) is 0 Å². The lowest BCUT2D eigenvalue weighted by molar-refractivity contribution is 0.544. The summed E-state index contributed by atoms with van der Waals surface area (Å²) in [7, 11) is 1.16. The molecule has 1 heteroatoms. The van der Waals surface area contributed by atoms with E-state index < -0.39 is 0 Å².